The third-order valence-electron chi connectivity index (χ3n) is 4.54. The summed E-state index contributed by atoms with van der Waals surface area (Å²) in [4.78, 5) is 23.7. The maximum atomic E-state index is 14.1. The average Bonchev–Trinajstić information content (AvgIpc) is 3.24. The minimum Gasteiger partial charge on any atom is -0.479 e. The number of halogens is 2. The summed E-state index contributed by atoms with van der Waals surface area (Å²) < 4.78 is 15.3. The molecule has 0 saturated carbocycles. The number of rotatable bonds is 10. The molecule has 0 spiro atoms. The van der Waals surface area contributed by atoms with Gasteiger partial charge in [-0.15, -0.1) is 11.7 Å². The summed E-state index contributed by atoms with van der Waals surface area (Å²) in [6.45, 7) is 3.38. The van der Waals surface area contributed by atoms with E-state index >= 15 is 0 Å². The second kappa shape index (κ2) is 10.8. The normalized spacial score (nSPS) is 11.9. The topological polar surface area (TPSA) is 133 Å². The number of aliphatic carboxylic acids is 1. The number of carbonyl (C=O) groups is 2. The third kappa shape index (κ3) is 6.19. The predicted octanol–water partition coefficient (Wildman–Crippen LogP) is 1.91. The van der Waals surface area contributed by atoms with E-state index in [1.54, 1.807) is 24.3 Å². The number of carboxylic acids is 1. The number of hydrazine groups is 1. The third-order valence-corrected chi connectivity index (χ3v) is 4.78. The van der Waals surface area contributed by atoms with Gasteiger partial charge in [0.2, 0.25) is 5.82 Å². The minimum atomic E-state index is -1.76. The van der Waals surface area contributed by atoms with Crippen molar-refractivity contribution in [3.63, 3.8) is 0 Å². The number of aromatic nitrogens is 4. The van der Waals surface area contributed by atoms with E-state index in [1.807, 2.05) is 0 Å². The van der Waals surface area contributed by atoms with E-state index in [-0.39, 0.29) is 18.9 Å². The fourth-order valence-corrected chi connectivity index (χ4v) is 3.14. The number of amides is 1. The maximum absolute atomic E-state index is 14.1. The molecule has 10 nitrogen and oxygen atoms in total. The molecule has 1 amide bonds. The van der Waals surface area contributed by atoms with Crippen molar-refractivity contribution in [2.24, 2.45) is 0 Å². The van der Waals surface area contributed by atoms with Crippen LogP contribution in [0.2, 0.25) is 5.02 Å². The number of nitrogens with zero attached hydrogens (tertiary/aromatic N) is 5. The highest BCUT2D eigenvalue weighted by atomic mass is 35.5. The first-order chi connectivity index (χ1) is 15.8. The molecular weight excluding hydrogens is 455 g/mol. The number of carboxylic acid groups (broad SMARTS) is 1. The number of hydrogen-bond acceptors (Lipinski definition) is 7. The molecule has 2 aromatic carbocycles. The Morgan fingerprint density at radius 1 is 1.27 bits per heavy atom. The number of tetrazole rings is 1. The second-order valence-electron chi connectivity index (χ2n) is 6.97. The number of carbonyl (C=O) groups excluding carboxylic acids is 1. The fourth-order valence-electron chi connectivity index (χ4n) is 2.97. The Labute approximate surface area is 192 Å². The Morgan fingerprint density at radius 2 is 2.00 bits per heavy atom. The lowest BCUT2D eigenvalue weighted by molar-refractivity contribution is -0.148. The molecule has 1 unspecified atom stereocenters. The van der Waals surface area contributed by atoms with E-state index in [9.17, 15) is 19.1 Å². The van der Waals surface area contributed by atoms with Crippen molar-refractivity contribution in [1.29, 1.82) is 0 Å². The maximum Gasteiger partial charge on any atom is 0.333 e. The lowest BCUT2D eigenvalue weighted by Gasteiger charge is -2.24. The number of aliphatic hydroxyl groups excluding tert-OH is 1. The quantitative estimate of drug-likeness (QED) is 0.300. The first-order valence-electron chi connectivity index (χ1n) is 9.66. The first kappa shape index (κ1) is 24.0. The van der Waals surface area contributed by atoms with E-state index < -0.39 is 30.3 Å². The summed E-state index contributed by atoms with van der Waals surface area (Å²) >= 11 is 5.96. The largest absolute Gasteiger partial charge is 0.479 e. The van der Waals surface area contributed by atoms with Crippen LogP contribution in [-0.2, 0) is 17.9 Å². The molecule has 3 aromatic rings. The van der Waals surface area contributed by atoms with E-state index in [2.05, 4.69) is 27.5 Å². The Bertz CT molecular complexity index is 1150. The summed E-state index contributed by atoms with van der Waals surface area (Å²) in [6, 6.07) is 10.9. The highest BCUT2D eigenvalue weighted by Gasteiger charge is 2.23. The van der Waals surface area contributed by atoms with Crippen LogP contribution in [0.4, 0.5) is 4.39 Å². The molecule has 12 heteroatoms. The summed E-state index contributed by atoms with van der Waals surface area (Å²) in [5.74, 6) is -2.69. The molecule has 0 fully saturated rings. The summed E-state index contributed by atoms with van der Waals surface area (Å²) in [5.41, 5.74) is 4.08. The summed E-state index contributed by atoms with van der Waals surface area (Å²) in [7, 11) is 0. The molecule has 0 aliphatic heterocycles. The number of hydrogen-bond donors (Lipinski definition) is 3. The monoisotopic (exact) mass is 474 g/mol. The van der Waals surface area contributed by atoms with Gasteiger partial charge in [0, 0.05) is 17.1 Å². The van der Waals surface area contributed by atoms with Crippen molar-refractivity contribution in [1.82, 2.24) is 30.6 Å². The average molecular weight is 475 g/mol. The lowest BCUT2D eigenvalue weighted by Crippen LogP contribution is -2.47. The summed E-state index contributed by atoms with van der Waals surface area (Å²) in [6.07, 6.45) is -0.252. The van der Waals surface area contributed by atoms with E-state index in [1.165, 1.54) is 34.0 Å². The van der Waals surface area contributed by atoms with Crippen molar-refractivity contribution in [3.8, 4) is 11.1 Å². The number of allylic oxidation sites excluding steroid dienone is 1. The summed E-state index contributed by atoms with van der Waals surface area (Å²) in [5, 5.41) is 31.3. The molecule has 1 heterocycles. The molecule has 1 atom stereocenters. The molecule has 0 aliphatic carbocycles. The van der Waals surface area contributed by atoms with Crippen LogP contribution in [0.15, 0.2) is 55.1 Å². The number of aliphatic hydroxyl groups is 1. The van der Waals surface area contributed by atoms with Gasteiger partial charge in [-0.05, 0) is 39.8 Å². The SMILES string of the molecule is C=CCn1nnnc1C(=O)NN(Cc1ccc(-c2cc(Cl)ccc2F)cc1)CC(O)C(=O)O. The zero-order chi connectivity index (χ0) is 24.0. The molecule has 0 saturated heterocycles. The zero-order valence-electron chi connectivity index (χ0n) is 17.2. The molecule has 0 aliphatic rings. The van der Waals surface area contributed by atoms with Crippen LogP contribution in [-0.4, -0.2) is 60.0 Å². The van der Waals surface area contributed by atoms with Crippen molar-refractivity contribution in [2.45, 2.75) is 19.2 Å². The Hall–Kier alpha value is -3.67. The van der Waals surface area contributed by atoms with Gasteiger partial charge in [-0.3, -0.25) is 10.2 Å². The lowest BCUT2D eigenvalue weighted by atomic mass is 10.0. The first-order valence-corrected chi connectivity index (χ1v) is 10.0. The van der Waals surface area contributed by atoms with Crippen LogP contribution in [0.25, 0.3) is 11.1 Å². The molecule has 0 radical (unpaired) electrons. The molecule has 33 heavy (non-hydrogen) atoms. The van der Waals surface area contributed by atoms with Crippen LogP contribution < -0.4 is 5.43 Å². The van der Waals surface area contributed by atoms with Gasteiger partial charge in [0.05, 0.1) is 13.1 Å². The van der Waals surface area contributed by atoms with Crippen molar-refractivity contribution in [2.75, 3.05) is 6.54 Å². The molecule has 0 bridgehead atoms. The molecule has 3 N–H and O–H groups in total. The van der Waals surface area contributed by atoms with Gasteiger partial charge in [-0.25, -0.2) is 18.9 Å². The Morgan fingerprint density at radius 3 is 2.67 bits per heavy atom. The van der Waals surface area contributed by atoms with Crippen molar-refractivity contribution in [3.05, 3.63) is 77.3 Å². The molecule has 3 rings (SSSR count). The molecule has 172 valence electrons. The van der Waals surface area contributed by atoms with Crippen molar-refractivity contribution < 1.29 is 24.2 Å². The van der Waals surface area contributed by atoms with Gasteiger partial charge in [0.15, 0.2) is 6.10 Å². The second-order valence-corrected chi connectivity index (χ2v) is 7.41. The van der Waals surface area contributed by atoms with Gasteiger partial charge >= 0.3 is 11.9 Å². The Balaban J connectivity index is 1.79. The Kier molecular flexibility index (Phi) is 7.83. The van der Waals surface area contributed by atoms with E-state index in [0.717, 1.165) is 0 Å². The van der Waals surface area contributed by atoms with Crippen LogP contribution in [0.1, 0.15) is 16.2 Å². The number of benzene rings is 2. The number of nitrogens with one attached hydrogen (secondary N) is 1. The van der Waals surface area contributed by atoms with Crippen LogP contribution >= 0.6 is 11.6 Å². The van der Waals surface area contributed by atoms with E-state index in [0.29, 0.717) is 21.7 Å². The molecular formula is C21H20ClFN6O4. The van der Waals surface area contributed by atoms with Gasteiger partial charge in [-0.2, -0.15) is 0 Å². The van der Waals surface area contributed by atoms with Gasteiger partial charge < -0.3 is 10.2 Å². The van der Waals surface area contributed by atoms with E-state index in [4.69, 9.17) is 16.7 Å². The standard InChI is InChI=1S/C21H20ClFN6O4/c1-2-9-29-19(24-26-27-29)20(31)25-28(12-18(30)21(32)33)11-13-3-5-14(6-4-13)16-10-15(22)7-8-17(16)23/h2-8,10,18,30H,1,9,11-12H2,(H,25,31)(H,32,33). The highest BCUT2D eigenvalue weighted by molar-refractivity contribution is 6.30. The van der Waals surface area contributed by atoms with Crippen LogP contribution in [0, 0.1) is 5.82 Å². The van der Waals surface area contributed by atoms with Gasteiger partial charge in [0.25, 0.3) is 0 Å². The van der Waals surface area contributed by atoms with Gasteiger partial charge in [0.1, 0.15) is 5.82 Å². The van der Waals surface area contributed by atoms with Crippen LogP contribution in [0.5, 0.6) is 0 Å². The van der Waals surface area contributed by atoms with Gasteiger partial charge in [-0.1, -0.05) is 41.9 Å². The fraction of sp³-hybridized carbons (Fsp3) is 0.190. The minimum absolute atomic E-state index is 0.0391. The highest BCUT2D eigenvalue weighted by Crippen LogP contribution is 2.26. The zero-order valence-corrected chi connectivity index (χ0v) is 18.0. The van der Waals surface area contributed by atoms with Crippen LogP contribution in [0.3, 0.4) is 0 Å². The predicted molar refractivity (Wildman–Crippen MR) is 116 cm³/mol. The molecule has 1 aromatic heterocycles. The smallest absolute Gasteiger partial charge is 0.333 e. The van der Waals surface area contributed by atoms with Crippen molar-refractivity contribution >= 4 is 23.5 Å².